The third-order valence-corrected chi connectivity index (χ3v) is 6.88. The zero-order chi connectivity index (χ0) is 28.0. The molecule has 0 aliphatic carbocycles. The molecule has 4 aromatic carbocycles. The fourth-order valence-corrected chi connectivity index (χ4v) is 4.87. The molecule has 1 aromatic heterocycles. The van der Waals surface area contributed by atoms with Crippen molar-refractivity contribution in [3.63, 3.8) is 0 Å². The Morgan fingerprint density at radius 2 is 1.41 bits per heavy atom. The summed E-state index contributed by atoms with van der Waals surface area (Å²) in [6.45, 7) is 1.40. The van der Waals surface area contributed by atoms with Gasteiger partial charge in [0.05, 0.1) is 12.8 Å². The van der Waals surface area contributed by atoms with E-state index in [1.165, 1.54) is 11.1 Å². The summed E-state index contributed by atoms with van der Waals surface area (Å²) in [5, 5.41) is 8.96. The van der Waals surface area contributed by atoms with Crippen LogP contribution in [-0.4, -0.2) is 34.6 Å². The maximum Gasteiger partial charge on any atom is 0.326 e. The highest BCUT2D eigenvalue weighted by atomic mass is 16.5. The van der Waals surface area contributed by atoms with Crippen LogP contribution in [0.3, 0.4) is 0 Å². The van der Waals surface area contributed by atoms with Crippen LogP contribution in [0.4, 0.5) is 34.0 Å². The zero-order valence-electron chi connectivity index (χ0n) is 22.5. The number of urea groups is 1. The van der Waals surface area contributed by atoms with Crippen molar-refractivity contribution in [2.45, 2.75) is 13.0 Å². The Bertz CT molecular complexity index is 1680. The summed E-state index contributed by atoms with van der Waals surface area (Å²) in [6, 6.07) is 33.2. The molecule has 0 saturated heterocycles. The Morgan fingerprint density at radius 1 is 0.732 bits per heavy atom. The second-order valence-electron chi connectivity index (χ2n) is 9.54. The van der Waals surface area contributed by atoms with E-state index in [0.717, 1.165) is 29.8 Å². The highest BCUT2D eigenvalue weighted by molar-refractivity contribution is 5.99. The molecule has 0 bridgehead atoms. The summed E-state index contributed by atoms with van der Waals surface area (Å²) in [5.41, 5.74) is 5.99. The van der Waals surface area contributed by atoms with Gasteiger partial charge in [0.25, 0.3) is 0 Å². The number of methoxy groups -OCH3 is 1. The molecule has 1 aliphatic rings. The van der Waals surface area contributed by atoms with Gasteiger partial charge in [0, 0.05) is 24.3 Å². The molecule has 41 heavy (non-hydrogen) atoms. The maximum absolute atomic E-state index is 13.0. The standard InChI is InChI=1S/C32H29N7O2/c1-41-28-18-10-9-17-27(28)34-32(40)38-30-35-29(33-26-16-8-7-15-25(26)23-12-3-2-4-13-23)36-31(37-30)39-20-19-22-11-5-6-14-24(22)21-39/h2-18H,19-21H2,1H3,(H3,33,34,35,36,37,38,40). The number of nitrogens with one attached hydrogen (secondary N) is 3. The Morgan fingerprint density at radius 3 is 2.24 bits per heavy atom. The van der Waals surface area contributed by atoms with E-state index in [2.05, 4.69) is 61.2 Å². The van der Waals surface area contributed by atoms with Gasteiger partial charge in [-0.2, -0.15) is 15.0 Å². The molecule has 2 amide bonds. The van der Waals surface area contributed by atoms with Crippen molar-refractivity contribution in [2.75, 3.05) is 34.5 Å². The Labute approximate surface area is 238 Å². The molecule has 5 aromatic rings. The SMILES string of the molecule is COc1ccccc1NC(=O)Nc1nc(Nc2ccccc2-c2ccccc2)nc(N2CCc3ccccc3C2)n1. The minimum atomic E-state index is -0.494. The van der Waals surface area contributed by atoms with Crippen LogP contribution < -0.4 is 25.6 Å². The van der Waals surface area contributed by atoms with Crippen LogP contribution in [0.1, 0.15) is 11.1 Å². The van der Waals surface area contributed by atoms with Gasteiger partial charge < -0.3 is 20.3 Å². The monoisotopic (exact) mass is 543 g/mol. The lowest BCUT2D eigenvalue weighted by Gasteiger charge is -2.29. The van der Waals surface area contributed by atoms with Gasteiger partial charge in [-0.15, -0.1) is 0 Å². The summed E-state index contributed by atoms with van der Waals surface area (Å²) in [6.07, 6.45) is 0.874. The Balaban J connectivity index is 1.32. The van der Waals surface area contributed by atoms with E-state index in [-0.39, 0.29) is 5.95 Å². The molecule has 1 aliphatic heterocycles. The highest BCUT2D eigenvalue weighted by Crippen LogP contribution is 2.30. The molecule has 0 saturated carbocycles. The molecule has 0 atom stereocenters. The number of nitrogens with zero attached hydrogens (tertiary/aromatic N) is 4. The summed E-state index contributed by atoms with van der Waals surface area (Å²) in [7, 11) is 1.55. The summed E-state index contributed by atoms with van der Waals surface area (Å²) >= 11 is 0. The molecule has 9 heteroatoms. The average molecular weight is 544 g/mol. The summed E-state index contributed by atoms with van der Waals surface area (Å²) in [4.78, 5) is 29.1. The maximum atomic E-state index is 13.0. The Hall–Kier alpha value is -5.44. The fraction of sp³-hybridized carbons (Fsp3) is 0.125. The first-order chi connectivity index (χ1) is 20.2. The number of para-hydroxylation sites is 3. The summed E-state index contributed by atoms with van der Waals surface area (Å²) < 4.78 is 5.36. The van der Waals surface area contributed by atoms with Crippen molar-refractivity contribution in [1.82, 2.24) is 15.0 Å². The van der Waals surface area contributed by atoms with E-state index >= 15 is 0 Å². The van der Waals surface area contributed by atoms with Gasteiger partial charge in [-0.1, -0.05) is 84.9 Å². The van der Waals surface area contributed by atoms with Crippen LogP contribution in [0.2, 0.25) is 0 Å². The van der Waals surface area contributed by atoms with Crippen molar-refractivity contribution in [3.8, 4) is 16.9 Å². The van der Waals surface area contributed by atoms with Gasteiger partial charge in [-0.25, -0.2) is 4.79 Å². The second-order valence-corrected chi connectivity index (χ2v) is 9.54. The number of benzene rings is 4. The van der Waals surface area contributed by atoms with Gasteiger partial charge >= 0.3 is 6.03 Å². The predicted molar refractivity (Wildman–Crippen MR) is 162 cm³/mol. The number of aromatic nitrogens is 3. The number of hydrogen-bond acceptors (Lipinski definition) is 7. The normalized spacial score (nSPS) is 12.3. The number of amides is 2. The van der Waals surface area contributed by atoms with Crippen LogP contribution in [0.25, 0.3) is 11.1 Å². The van der Waals surface area contributed by atoms with Gasteiger partial charge in [0.2, 0.25) is 17.8 Å². The molecule has 204 valence electrons. The number of ether oxygens (including phenoxy) is 1. The second kappa shape index (κ2) is 11.7. The first-order valence-corrected chi connectivity index (χ1v) is 13.4. The van der Waals surface area contributed by atoms with Crippen molar-refractivity contribution in [2.24, 2.45) is 0 Å². The van der Waals surface area contributed by atoms with E-state index in [0.29, 0.717) is 29.9 Å². The molecular formula is C32H29N7O2. The van der Waals surface area contributed by atoms with Crippen LogP contribution in [0, 0.1) is 0 Å². The minimum absolute atomic E-state index is 0.126. The van der Waals surface area contributed by atoms with Gasteiger partial charge in [-0.05, 0) is 41.3 Å². The molecule has 0 spiro atoms. The zero-order valence-corrected chi connectivity index (χ0v) is 22.5. The van der Waals surface area contributed by atoms with E-state index in [1.54, 1.807) is 19.2 Å². The largest absolute Gasteiger partial charge is 0.495 e. The number of carbonyl (C=O) groups excluding carboxylic acids is 1. The first kappa shape index (κ1) is 25.8. The number of carbonyl (C=O) groups is 1. The lowest BCUT2D eigenvalue weighted by atomic mass is 10.0. The first-order valence-electron chi connectivity index (χ1n) is 13.4. The molecular weight excluding hydrogens is 514 g/mol. The van der Waals surface area contributed by atoms with Crippen molar-refractivity contribution >= 4 is 35.3 Å². The third kappa shape index (κ3) is 5.94. The van der Waals surface area contributed by atoms with E-state index < -0.39 is 6.03 Å². The Kier molecular flexibility index (Phi) is 7.40. The predicted octanol–water partition coefficient (Wildman–Crippen LogP) is 6.50. The van der Waals surface area contributed by atoms with Crippen molar-refractivity contribution in [3.05, 3.63) is 114 Å². The van der Waals surface area contributed by atoms with Crippen LogP contribution >= 0.6 is 0 Å². The van der Waals surface area contributed by atoms with Crippen LogP contribution in [-0.2, 0) is 13.0 Å². The van der Waals surface area contributed by atoms with Crippen LogP contribution in [0.15, 0.2) is 103 Å². The molecule has 0 radical (unpaired) electrons. The number of hydrogen-bond donors (Lipinski definition) is 3. The summed E-state index contributed by atoms with van der Waals surface area (Å²) in [5.74, 6) is 1.47. The number of anilines is 5. The van der Waals surface area contributed by atoms with Crippen molar-refractivity contribution in [1.29, 1.82) is 0 Å². The van der Waals surface area contributed by atoms with E-state index in [9.17, 15) is 4.79 Å². The lowest BCUT2D eigenvalue weighted by Crippen LogP contribution is -2.32. The van der Waals surface area contributed by atoms with Gasteiger partial charge in [0.1, 0.15) is 5.75 Å². The van der Waals surface area contributed by atoms with E-state index in [4.69, 9.17) is 9.72 Å². The molecule has 6 rings (SSSR count). The molecule has 9 nitrogen and oxygen atoms in total. The molecule has 2 heterocycles. The number of fused-ring (bicyclic) bond motifs is 1. The average Bonchev–Trinajstić information content (AvgIpc) is 3.01. The molecule has 0 unspecified atom stereocenters. The lowest BCUT2D eigenvalue weighted by molar-refractivity contribution is 0.262. The van der Waals surface area contributed by atoms with E-state index in [1.807, 2.05) is 60.7 Å². The van der Waals surface area contributed by atoms with Gasteiger partial charge in [0.15, 0.2) is 0 Å². The topological polar surface area (TPSA) is 104 Å². The van der Waals surface area contributed by atoms with Gasteiger partial charge in [-0.3, -0.25) is 5.32 Å². The molecule has 0 fully saturated rings. The highest BCUT2D eigenvalue weighted by Gasteiger charge is 2.21. The molecule has 3 N–H and O–H groups in total. The van der Waals surface area contributed by atoms with Crippen LogP contribution in [0.5, 0.6) is 5.75 Å². The number of rotatable bonds is 7. The minimum Gasteiger partial charge on any atom is -0.495 e. The fourth-order valence-electron chi connectivity index (χ4n) is 4.87. The quantitative estimate of drug-likeness (QED) is 0.215. The third-order valence-electron chi connectivity index (χ3n) is 6.88. The smallest absolute Gasteiger partial charge is 0.326 e. The van der Waals surface area contributed by atoms with Crippen molar-refractivity contribution < 1.29 is 9.53 Å².